The number of aromatic nitrogens is 1. The van der Waals surface area contributed by atoms with Crippen LogP contribution in [-0.2, 0) is 0 Å². The average Bonchev–Trinajstić information content (AvgIpc) is 2.95. The summed E-state index contributed by atoms with van der Waals surface area (Å²) < 4.78 is 5.99. The number of hydrogen-bond acceptors (Lipinski definition) is 6. The van der Waals surface area contributed by atoms with E-state index in [1.54, 1.807) is 19.2 Å². The van der Waals surface area contributed by atoms with E-state index in [-0.39, 0.29) is 16.3 Å². The Morgan fingerprint density at radius 1 is 1.33 bits per heavy atom. The highest BCUT2D eigenvalue weighted by Crippen LogP contribution is 2.30. The van der Waals surface area contributed by atoms with E-state index in [1.807, 2.05) is 6.07 Å². The molecule has 0 spiro atoms. The smallest absolute Gasteiger partial charge is 0.270 e. The number of ether oxygens (including phenoxy) is 1. The van der Waals surface area contributed by atoms with Gasteiger partial charge in [0.15, 0.2) is 5.13 Å². The van der Waals surface area contributed by atoms with Gasteiger partial charge in [-0.15, -0.1) is 0 Å². The molecule has 24 heavy (non-hydrogen) atoms. The first-order valence-corrected chi connectivity index (χ1v) is 7.87. The Labute approximate surface area is 145 Å². The number of fused-ring (bicyclic) bond motifs is 1. The van der Waals surface area contributed by atoms with Crippen LogP contribution in [0.4, 0.5) is 10.8 Å². The lowest BCUT2D eigenvalue weighted by atomic mass is 10.2. The van der Waals surface area contributed by atoms with Gasteiger partial charge in [0.1, 0.15) is 5.75 Å². The van der Waals surface area contributed by atoms with E-state index in [0.717, 1.165) is 10.8 Å². The summed E-state index contributed by atoms with van der Waals surface area (Å²) in [5.41, 5.74) is 0.516. The third-order valence-electron chi connectivity index (χ3n) is 3.22. The standard InChI is InChI=1S/C15H10ClN3O4S/c1-23-9-3-5-12-13(7-9)24-15(17-12)18-14(20)10-6-8(19(21)22)2-4-11(10)16/h2-7H,1H3,(H,17,18,20). The van der Waals surface area contributed by atoms with Gasteiger partial charge in [0.2, 0.25) is 0 Å². The van der Waals surface area contributed by atoms with Gasteiger partial charge in [-0.25, -0.2) is 4.98 Å². The Morgan fingerprint density at radius 2 is 2.12 bits per heavy atom. The van der Waals surface area contributed by atoms with Gasteiger partial charge < -0.3 is 4.74 Å². The molecule has 3 rings (SSSR count). The minimum atomic E-state index is -0.586. The second-order valence-electron chi connectivity index (χ2n) is 4.73. The number of carbonyl (C=O) groups is 1. The van der Waals surface area contributed by atoms with Gasteiger partial charge in [-0.1, -0.05) is 22.9 Å². The first-order chi connectivity index (χ1) is 11.5. The van der Waals surface area contributed by atoms with Crippen LogP contribution in [0.25, 0.3) is 10.2 Å². The van der Waals surface area contributed by atoms with Crippen molar-refractivity contribution in [3.05, 3.63) is 57.1 Å². The zero-order chi connectivity index (χ0) is 17.3. The van der Waals surface area contributed by atoms with E-state index in [1.165, 1.54) is 23.5 Å². The lowest BCUT2D eigenvalue weighted by Gasteiger charge is -2.03. The molecule has 0 saturated carbocycles. The quantitative estimate of drug-likeness (QED) is 0.555. The van der Waals surface area contributed by atoms with Crippen molar-refractivity contribution in [2.75, 3.05) is 12.4 Å². The van der Waals surface area contributed by atoms with Gasteiger partial charge in [0.25, 0.3) is 11.6 Å². The van der Waals surface area contributed by atoms with Crippen molar-refractivity contribution in [1.82, 2.24) is 4.98 Å². The summed E-state index contributed by atoms with van der Waals surface area (Å²) in [6, 6.07) is 9.05. The number of nitro benzene ring substituents is 1. The number of anilines is 1. The number of methoxy groups -OCH3 is 1. The number of rotatable bonds is 4. The van der Waals surface area contributed by atoms with E-state index in [2.05, 4.69) is 10.3 Å². The first kappa shape index (κ1) is 16.2. The van der Waals surface area contributed by atoms with Gasteiger partial charge in [-0.05, 0) is 24.3 Å². The van der Waals surface area contributed by atoms with E-state index in [0.29, 0.717) is 16.4 Å². The zero-order valence-corrected chi connectivity index (χ0v) is 13.9. The third kappa shape index (κ3) is 3.15. The fraction of sp³-hybridized carbons (Fsp3) is 0.0667. The Bertz CT molecular complexity index is 957. The molecule has 0 saturated heterocycles. The molecule has 9 heteroatoms. The Balaban J connectivity index is 1.89. The largest absolute Gasteiger partial charge is 0.497 e. The van der Waals surface area contributed by atoms with Crippen molar-refractivity contribution in [1.29, 1.82) is 0 Å². The summed E-state index contributed by atoms with van der Waals surface area (Å²) >= 11 is 7.23. The number of benzene rings is 2. The molecule has 0 atom stereocenters. The Morgan fingerprint density at radius 3 is 2.83 bits per heavy atom. The molecule has 1 heterocycles. The van der Waals surface area contributed by atoms with Crippen LogP contribution in [0.1, 0.15) is 10.4 Å². The highest BCUT2D eigenvalue weighted by atomic mass is 35.5. The lowest BCUT2D eigenvalue weighted by molar-refractivity contribution is -0.384. The van der Waals surface area contributed by atoms with Crippen molar-refractivity contribution in [2.24, 2.45) is 0 Å². The Hall–Kier alpha value is -2.71. The van der Waals surface area contributed by atoms with Crippen molar-refractivity contribution in [3.8, 4) is 5.75 Å². The molecule has 0 aliphatic heterocycles. The molecule has 1 N–H and O–H groups in total. The molecule has 0 bridgehead atoms. The van der Waals surface area contributed by atoms with E-state index in [9.17, 15) is 14.9 Å². The van der Waals surface area contributed by atoms with Crippen LogP contribution in [0.3, 0.4) is 0 Å². The highest BCUT2D eigenvalue weighted by molar-refractivity contribution is 7.22. The molecule has 0 aliphatic rings. The number of amides is 1. The van der Waals surface area contributed by atoms with Gasteiger partial charge in [0.05, 0.1) is 32.8 Å². The van der Waals surface area contributed by atoms with Crippen LogP contribution in [0.15, 0.2) is 36.4 Å². The van der Waals surface area contributed by atoms with Crippen molar-refractivity contribution in [3.63, 3.8) is 0 Å². The molecular weight excluding hydrogens is 354 g/mol. The van der Waals surface area contributed by atoms with Crippen LogP contribution in [-0.4, -0.2) is 22.9 Å². The third-order valence-corrected chi connectivity index (χ3v) is 4.48. The van der Waals surface area contributed by atoms with Gasteiger partial charge >= 0.3 is 0 Å². The lowest BCUT2D eigenvalue weighted by Crippen LogP contribution is -2.12. The summed E-state index contributed by atoms with van der Waals surface area (Å²) in [6.07, 6.45) is 0. The number of nitrogens with one attached hydrogen (secondary N) is 1. The van der Waals surface area contributed by atoms with E-state index < -0.39 is 10.8 Å². The summed E-state index contributed by atoms with van der Waals surface area (Å²) in [6.45, 7) is 0. The zero-order valence-electron chi connectivity index (χ0n) is 12.3. The molecule has 122 valence electrons. The molecule has 1 amide bonds. The number of nitro groups is 1. The van der Waals surface area contributed by atoms with Crippen molar-refractivity contribution >= 4 is 49.9 Å². The second kappa shape index (κ2) is 6.42. The number of non-ortho nitro benzene ring substituents is 1. The van der Waals surface area contributed by atoms with E-state index >= 15 is 0 Å². The minimum Gasteiger partial charge on any atom is -0.497 e. The van der Waals surface area contributed by atoms with Crippen LogP contribution in [0.5, 0.6) is 5.75 Å². The van der Waals surface area contributed by atoms with Crippen LogP contribution >= 0.6 is 22.9 Å². The summed E-state index contributed by atoms with van der Waals surface area (Å²) in [4.78, 5) is 26.9. The molecular formula is C15H10ClN3O4S. The van der Waals surface area contributed by atoms with Gasteiger partial charge in [0, 0.05) is 12.1 Å². The Kier molecular flexibility index (Phi) is 4.32. The average molecular weight is 364 g/mol. The van der Waals surface area contributed by atoms with Gasteiger partial charge in [-0.2, -0.15) is 0 Å². The molecule has 0 aliphatic carbocycles. The molecule has 1 aromatic heterocycles. The predicted molar refractivity (Wildman–Crippen MR) is 92.2 cm³/mol. The first-order valence-electron chi connectivity index (χ1n) is 6.68. The fourth-order valence-electron chi connectivity index (χ4n) is 2.05. The molecule has 2 aromatic carbocycles. The van der Waals surface area contributed by atoms with E-state index in [4.69, 9.17) is 16.3 Å². The maximum atomic E-state index is 12.3. The van der Waals surface area contributed by atoms with Crippen molar-refractivity contribution < 1.29 is 14.5 Å². The van der Waals surface area contributed by atoms with Gasteiger partial charge in [-0.3, -0.25) is 20.2 Å². The maximum Gasteiger partial charge on any atom is 0.270 e. The number of hydrogen-bond donors (Lipinski definition) is 1. The number of carbonyl (C=O) groups excluding carboxylic acids is 1. The maximum absolute atomic E-state index is 12.3. The topological polar surface area (TPSA) is 94.4 Å². The molecule has 7 nitrogen and oxygen atoms in total. The SMILES string of the molecule is COc1ccc2nc(NC(=O)c3cc([N+](=O)[O-])ccc3Cl)sc2c1. The number of thiazole rings is 1. The summed E-state index contributed by atoms with van der Waals surface area (Å²) in [7, 11) is 1.56. The molecule has 3 aromatic rings. The van der Waals surface area contributed by atoms with Crippen molar-refractivity contribution in [2.45, 2.75) is 0 Å². The monoisotopic (exact) mass is 363 g/mol. The molecule has 0 unspecified atom stereocenters. The van der Waals surface area contributed by atoms with Crippen LogP contribution in [0.2, 0.25) is 5.02 Å². The summed E-state index contributed by atoms with van der Waals surface area (Å²) in [5.74, 6) is 0.125. The molecule has 0 fully saturated rings. The summed E-state index contributed by atoms with van der Waals surface area (Å²) in [5, 5.41) is 13.9. The second-order valence-corrected chi connectivity index (χ2v) is 6.17. The fourth-order valence-corrected chi connectivity index (χ4v) is 3.14. The predicted octanol–water partition coefficient (Wildman–Crippen LogP) is 4.12. The molecule has 0 radical (unpaired) electrons. The number of nitrogens with zero attached hydrogens (tertiary/aromatic N) is 2. The van der Waals surface area contributed by atoms with Crippen LogP contribution in [0, 0.1) is 10.1 Å². The normalized spacial score (nSPS) is 10.6. The van der Waals surface area contributed by atoms with Crippen LogP contribution < -0.4 is 10.1 Å². The highest BCUT2D eigenvalue weighted by Gasteiger charge is 2.17. The number of halogens is 1. The minimum absolute atomic E-state index is 0.0164.